The number of carbonyl (C=O) groups excluding carboxylic acids is 2. The molecule has 0 aliphatic heterocycles. The number of halogens is 4. The summed E-state index contributed by atoms with van der Waals surface area (Å²) in [7, 11) is 0. The van der Waals surface area contributed by atoms with Crippen molar-refractivity contribution in [3.8, 4) is 0 Å². The number of anilines is 1. The summed E-state index contributed by atoms with van der Waals surface area (Å²) >= 11 is 5.56. The van der Waals surface area contributed by atoms with E-state index in [1.54, 1.807) is 6.07 Å². The summed E-state index contributed by atoms with van der Waals surface area (Å²) in [5.41, 5.74) is -1.44. The number of hydrogen-bond acceptors (Lipinski definition) is 3. The fourth-order valence-electron chi connectivity index (χ4n) is 1.83. The summed E-state index contributed by atoms with van der Waals surface area (Å²) in [5, 5.41) is 1.97. The summed E-state index contributed by atoms with van der Waals surface area (Å²) in [6.45, 7) is 1.25. The SMILES string of the molecule is C[C@H](OC(=O)c1ccc[nH]1)C(=O)Nc1ccc(Cl)cc1C(F)(F)F. The number of aromatic nitrogens is 1. The Kier molecular flexibility index (Phi) is 5.18. The molecule has 1 heterocycles. The number of aromatic amines is 1. The zero-order chi connectivity index (χ0) is 17.9. The van der Waals surface area contributed by atoms with E-state index in [4.69, 9.17) is 16.3 Å². The molecule has 0 unspecified atom stereocenters. The molecular weight excluding hydrogens is 349 g/mol. The van der Waals surface area contributed by atoms with Crippen LogP contribution in [0.1, 0.15) is 23.0 Å². The Morgan fingerprint density at radius 2 is 2.00 bits per heavy atom. The van der Waals surface area contributed by atoms with E-state index in [0.717, 1.165) is 6.07 Å². The van der Waals surface area contributed by atoms with E-state index in [9.17, 15) is 22.8 Å². The van der Waals surface area contributed by atoms with Crippen molar-refractivity contribution >= 4 is 29.2 Å². The first-order chi connectivity index (χ1) is 11.2. The first-order valence-corrected chi connectivity index (χ1v) is 7.08. The number of esters is 1. The van der Waals surface area contributed by atoms with Crippen molar-refractivity contribution in [3.05, 3.63) is 52.8 Å². The molecule has 2 aromatic rings. The Labute approximate surface area is 139 Å². The van der Waals surface area contributed by atoms with Gasteiger partial charge in [-0.05, 0) is 37.3 Å². The number of ether oxygens (including phenoxy) is 1. The van der Waals surface area contributed by atoms with Crippen LogP contribution in [0.5, 0.6) is 0 Å². The highest BCUT2D eigenvalue weighted by Gasteiger charge is 2.34. The Hall–Kier alpha value is -2.48. The second-order valence-corrected chi connectivity index (χ2v) is 5.24. The number of hydrogen-bond donors (Lipinski definition) is 2. The fourth-order valence-corrected chi connectivity index (χ4v) is 2.00. The lowest BCUT2D eigenvalue weighted by Gasteiger charge is -2.17. The number of rotatable bonds is 4. The van der Waals surface area contributed by atoms with E-state index in [2.05, 4.69) is 10.3 Å². The molecule has 0 spiro atoms. The smallest absolute Gasteiger partial charge is 0.418 e. The zero-order valence-electron chi connectivity index (χ0n) is 12.3. The number of benzene rings is 1. The maximum atomic E-state index is 13.0. The molecule has 0 bridgehead atoms. The highest BCUT2D eigenvalue weighted by molar-refractivity contribution is 6.30. The molecular formula is C15H12ClF3N2O3. The molecule has 0 saturated carbocycles. The predicted molar refractivity (Wildman–Crippen MR) is 80.8 cm³/mol. The summed E-state index contributed by atoms with van der Waals surface area (Å²) in [6, 6.07) is 5.94. The van der Waals surface area contributed by atoms with Gasteiger partial charge in [-0.1, -0.05) is 11.6 Å². The third-order valence-electron chi connectivity index (χ3n) is 3.02. The molecule has 0 fully saturated rings. The molecule has 128 valence electrons. The van der Waals surface area contributed by atoms with Crippen molar-refractivity contribution in [1.82, 2.24) is 4.98 Å². The van der Waals surface area contributed by atoms with E-state index in [1.807, 2.05) is 0 Å². The van der Waals surface area contributed by atoms with Gasteiger partial charge in [-0.25, -0.2) is 4.79 Å². The molecule has 5 nitrogen and oxygen atoms in total. The summed E-state index contributed by atoms with van der Waals surface area (Å²) < 4.78 is 43.8. The van der Waals surface area contributed by atoms with Gasteiger partial charge in [0.1, 0.15) is 5.69 Å². The Bertz CT molecular complexity index is 745. The summed E-state index contributed by atoms with van der Waals surface area (Å²) in [6.07, 6.45) is -4.50. The maximum Gasteiger partial charge on any atom is 0.418 e. The molecule has 24 heavy (non-hydrogen) atoms. The Morgan fingerprint density at radius 3 is 2.58 bits per heavy atom. The molecule has 0 saturated heterocycles. The van der Waals surface area contributed by atoms with Crippen LogP contribution >= 0.6 is 11.6 Å². The third-order valence-corrected chi connectivity index (χ3v) is 3.25. The van der Waals surface area contributed by atoms with Crippen LogP contribution in [-0.4, -0.2) is 23.0 Å². The van der Waals surface area contributed by atoms with Crippen LogP contribution in [-0.2, 0) is 15.7 Å². The Morgan fingerprint density at radius 1 is 1.29 bits per heavy atom. The summed E-state index contributed by atoms with van der Waals surface area (Å²) in [5.74, 6) is -1.70. The van der Waals surface area contributed by atoms with Gasteiger partial charge < -0.3 is 15.0 Å². The third kappa shape index (κ3) is 4.29. The van der Waals surface area contributed by atoms with Crippen LogP contribution in [0.15, 0.2) is 36.5 Å². The molecule has 2 rings (SSSR count). The van der Waals surface area contributed by atoms with Crippen LogP contribution in [0.3, 0.4) is 0 Å². The van der Waals surface area contributed by atoms with Crippen molar-refractivity contribution in [2.24, 2.45) is 0 Å². The van der Waals surface area contributed by atoms with Crippen molar-refractivity contribution < 1.29 is 27.5 Å². The molecule has 0 aliphatic carbocycles. The zero-order valence-corrected chi connectivity index (χ0v) is 13.0. The van der Waals surface area contributed by atoms with E-state index in [-0.39, 0.29) is 10.7 Å². The van der Waals surface area contributed by atoms with Gasteiger partial charge in [-0.3, -0.25) is 4.79 Å². The van der Waals surface area contributed by atoms with E-state index >= 15 is 0 Å². The van der Waals surface area contributed by atoms with Crippen LogP contribution < -0.4 is 5.32 Å². The molecule has 2 N–H and O–H groups in total. The standard InChI is InChI=1S/C15H12ClF3N2O3/c1-8(24-14(23)12-3-2-6-20-12)13(22)21-11-5-4-9(16)7-10(11)15(17,18)19/h2-8,20H,1H3,(H,21,22)/t8-/m0/s1. The van der Waals surface area contributed by atoms with Crippen LogP contribution in [0, 0.1) is 0 Å². The molecule has 9 heteroatoms. The highest BCUT2D eigenvalue weighted by Crippen LogP contribution is 2.36. The number of H-pyrrole nitrogens is 1. The minimum Gasteiger partial charge on any atom is -0.448 e. The van der Waals surface area contributed by atoms with Gasteiger partial charge >= 0.3 is 12.1 Å². The van der Waals surface area contributed by atoms with E-state index < -0.39 is 35.4 Å². The molecule has 0 radical (unpaired) electrons. The molecule has 1 atom stereocenters. The van der Waals surface area contributed by atoms with Gasteiger partial charge in [0.15, 0.2) is 6.10 Å². The lowest BCUT2D eigenvalue weighted by Crippen LogP contribution is -2.30. The number of carbonyl (C=O) groups is 2. The first kappa shape index (κ1) is 17.9. The minimum atomic E-state index is -4.70. The van der Waals surface area contributed by atoms with E-state index in [0.29, 0.717) is 6.07 Å². The largest absolute Gasteiger partial charge is 0.448 e. The maximum absolute atomic E-state index is 13.0. The lowest BCUT2D eigenvalue weighted by atomic mass is 10.1. The van der Waals surface area contributed by atoms with Gasteiger partial charge in [0.05, 0.1) is 11.3 Å². The average Bonchev–Trinajstić information content (AvgIpc) is 3.02. The van der Waals surface area contributed by atoms with Crippen molar-refractivity contribution in [3.63, 3.8) is 0 Å². The van der Waals surface area contributed by atoms with Crippen molar-refractivity contribution in [2.75, 3.05) is 5.32 Å². The van der Waals surface area contributed by atoms with Crippen molar-refractivity contribution in [2.45, 2.75) is 19.2 Å². The Balaban J connectivity index is 2.10. The van der Waals surface area contributed by atoms with Gasteiger partial charge in [-0.15, -0.1) is 0 Å². The molecule has 1 aromatic heterocycles. The minimum absolute atomic E-state index is 0.119. The highest BCUT2D eigenvalue weighted by atomic mass is 35.5. The van der Waals surface area contributed by atoms with Gasteiger partial charge in [0.2, 0.25) is 0 Å². The van der Waals surface area contributed by atoms with Gasteiger partial charge in [0, 0.05) is 11.2 Å². The van der Waals surface area contributed by atoms with E-state index in [1.165, 1.54) is 25.3 Å². The fraction of sp³-hybridized carbons (Fsp3) is 0.200. The van der Waals surface area contributed by atoms with Crippen LogP contribution in [0.2, 0.25) is 5.02 Å². The topological polar surface area (TPSA) is 71.2 Å². The average molecular weight is 361 g/mol. The first-order valence-electron chi connectivity index (χ1n) is 6.70. The van der Waals surface area contributed by atoms with Gasteiger partial charge in [0.25, 0.3) is 5.91 Å². The van der Waals surface area contributed by atoms with Gasteiger partial charge in [-0.2, -0.15) is 13.2 Å². The van der Waals surface area contributed by atoms with Crippen LogP contribution in [0.25, 0.3) is 0 Å². The lowest BCUT2D eigenvalue weighted by molar-refractivity contribution is -0.137. The predicted octanol–water partition coefficient (Wildman–Crippen LogP) is 3.87. The number of nitrogens with one attached hydrogen (secondary N) is 2. The van der Waals surface area contributed by atoms with Crippen molar-refractivity contribution in [1.29, 1.82) is 0 Å². The number of alkyl halides is 3. The monoisotopic (exact) mass is 360 g/mol. The second-order valence-electron chi connectivity index (χ2n) is 4.81. The molecule has 1 aromatic carbocycles. The molecule has 0 aliphatic rings. The van der Waals surface area contributed by atoms with Crippen LogP contribution in [0.4, 0.5) is 18.9 Å². The quantitative estimate of drug-likeness (QED) is 0.813. The number of amides is 1. The second kappa shape index (κ2) is 6.96. The summed E-state index contributed by atoms with van der Waals surface area (Å²) in [4.78, 5) is 26.3. The molecule has 1 amide bonds. The normalized spacial score (nSPS) is 12.5.